The Morgan fingerprint density at radius 2 is 2.06 bits per heavy atom. The average Bonchev–Trinajstić information content (AvgIpc) is 2.74. The van der Waals surface area contributed by atoms with Gasteiger partial charge in [-0.15, -0.1) is 0 Å². The first-order valence-corrected chi connectivity index (χ1v) is 6.72. The molecule has 0 amide bonds. The minimum atomic E-state index is 0.495. The zero-order valence-electron chi connectivity index (χ0n) is 10.9. The topological polar surface area (TPSA) is 6.48 Å². The zero-order valence-corrected chi connectivity index (χ0v) is 10.9. The third-order valence-electron chi connectivity index (χ3n) is 4.89. The maximum absolute atomic E-state index is 2.61. The van der Waals surface area contributed by atoms with Crippen LogP contribution in [0.3, 0.4) is 0 Å². The van der Waals surface area contributed by atoms with Crippen molar-refractivity contribution in [3.8, 4) is 0 Å². The highest BCUT2D eigenvalue weighted by Crippen LogP contribution is 2.42. The highest BCUT2D eigenvalue weighted by atomic mass is 15.4. The molecule has 0 aliphatic carbocycles. The Balaban J connectivity index is 1.66. The van der Waals surface area contributed by atoms with E-state index in [0.29, 0.717) is 11.6 Å². The molecule has 1 aromatic carbocycles. The summed E-state index contributed by atoms with van der Waals surface area (Å²) in [7, 11) is 2.29. The zero-order chi connectivity index (χ0) is 11.9. The molecule has 0 radical (unpaired) electrons. The molecule has 2 saturated heterocycles. The maximum atomic E-state index is 2.61. The minimum Gasteiger partial charge on any atom is -0.298 e. The Labute approximate surface area is 104 Å². The Morgan fingerprint density at radius 3 is 2.65 bits per heavy atom. The highest BCUT2D eigenvalue weighted by molar-refractivity contribution is 5.18. The Bertz CT molecular complexity index is 389. The molecule has 0 aromatic heterocycles. The predicted octanol–water partition coefficient (Wildman–Crippen LogP) is 2.36. The van der Waals surface area contributed by atoms with E-state index in [-0.39, 0.29) is 0 Å². The number of rotatable bonds is 2. The minimum absolute atomic E-state index is 0.495. The monoisotopic (exact) mass is 230 g/mol. The summed E-state index contributed by atoms with van der Waals surface area (Å²) in [6.45, 7) is 6.04. The number of nitrogens with zero attached hydrogens (tertiary/aromatic N) is 2. The molecule has 2 aliphatic rings. The summed E-state index contributed by atoms with van der Waals surface area (Å²) in [6, 6.07) is 11.5. The molecule has 2 heteroatoms. The summed E-state index contributed by atoms with van der Waals surface area (Å²) >= 11 is 0. The fraction of sp³-hybridized carbons (Fsp3) is 0.600. The van der Waals surface area contributed by atoms with Gasteiger partial charge in [-0.3, -0.25) is 9.80 Å². The smallest absolute Gasteiger partial charge is 0.0486 e. The largest absolute Gasteiger partial charge is 0.298 e. The molecule has 2 aliphatic heterocycles. The van der Waals surface area contributed by atoms with Crippen molar-refractivity contribution in [2.45, 2.75) is 37.9 Å². The van der Waals surface area contributed by atoms with E-state index in [9.17, 15) is 0 Å². The van der Waals surface area contributed by atoms with Gasteiger partial charge >= 0.3 is 0 Å². The van der Waals surface area contributed by atoms with E-state index in [2.05, 4.69) is 54.1 Å². The lowest BCUT2D eigenvalue weighted by molar-refractivity contribution is -0.0780. The summed E-state index contributed by atoms with van der Waals surface area (Å²) in [5, 5.41) is 0. The van der Waals surface area contributed by atoms with Gasteiger partial charge in [0.1, 0.15) is 0 Å². The number of hydrogen-bond donors (Lipinski definition) is 0. The van der Waals surface area contributed by atoms with Crippen molar-refractivity contribution in [3.05, 3.63) is 35.9 Å². The molecule has 0 saturated carbocycles. The van der Waals surface area contributed by atoms with Gasteiger partial charge in [-0.25, -0.2) is 0 Å². The van der Waals surface area contributed by atoms with Crippen LogP contribution < -0.4 is 0 Å². The third kappa shape index (κ3) is 1.71. The van der Waals surface area contributed by atoms with Crippen molar-refractivity contribution >= 4 is 0 Å². The predicted molar refractivity (Wildman–Crippen MR) is 70.9 cm³/mol. The van der Waals surface area contributed by atoms with Gasteiger partial charge in [0.15, 0.2) is 0 Å². The normalized spacial score (nSPS) is 34.1. The van der Waals surface area contributed by atoms with Crippen molar-refractivity contribution < 1.29 is 0 Å². The van der Waals surface area contributed by atoms with Crippen LogP contribution in [0.25, 0.3) is 0 Å². The molecule has 1 spiro atoms. The lowest BCUT2D eigenvalue weighted by Crippen LogP contribution is -2.72. The van der Waals surface area contributed by atoms with Gasteiger partial charge < -0.3 is 0 Å². The second-order valence-electron chi connectivity index (χ2n) is 5.70. The first-order valence-electron chi connectivity index (χ1n) is 6.72. The third-order valence-corrected chi connectivity index (χ3v) is 4.89. The molecule has 1 aromatic rings. The van der Waals surface area contributed by atoms with Gasteiger partial charge in [0.25, 0.3) is 0 Å². The van der Waals surface area contributed by atoms with Crippen molar-refractivity contribution in [2.24, 2.45) is 0 Å². The average molecular weight is 230 g/mol. The van der Waals surface area contributed by atoms with Crippen LogP contribution in [-0.2, 0) is 6.54 Å². The van der Waals surface area contributed by atoms with Crippen LogP contribution in [0.4, 0.5) is 0 Å². The molecule has 92 valence electrons. The molecule has 2 heterocycles. The standard InChI is InChI=1S/C15H22N2/c1-13-15(9-6-10-16(15)2)12-17(13)11-14-7-4-3-5-8-14/h3-5,7-8,13H,6,9-12H2,1-2H3. The molecule has 0 bridgehead atoms. The number of benzene rings is 1. The van der Waals surface area contributed by atoms with Gasteiger partial charge in [0.05, 0.1) is 0 Å². The first-order chi connectivity index (χ1) is 8.22. The lowest BCUT2D eigenvalue weighted by atomic mass is 9.78. The van der Waals surface area contributed by atoms with Crippen molar-refractivity contribution in [1.29, 1.82) is 0 Å². The van der Waals surface area contributed by atoms with E-state index in [1.54, 1.807) is 0 Å². The van der Waals surface area contributed by atoms with Gasteiger partial charge in [0.2, 0.25) is 0 Å². The van der Waals surface area contributed by atoms with Crippen LogP contribution in [0.5, 0.6) is 0 Å². The molecule has 2 fully saturated rings. The molecular weight excluding hydrogens is 208 g/mol. The van der Waals surface area contributed by atoms with Crippen LogP contribution in [0, 0.1) is 0 Å². The summed E-state index contributed by atoms with van der Waals surface area (Å²) < 4.78 is 0. The van der Waals surface area contributed by atoms with Gasteiger partial charge in [-0.1, -0.05) is 30.3 Å². The summed E-state index contributed by atoms with van der Waals surface area (Å²) in [4.78, 5) is 5.19. The second kappa shape index (κ2) is 4.11. The van der Waals surface area contributed by atoms with Crippen LogP contribution in [0.1, 0.15) is 25.3 Å². The van der Waals surface area contributed by atoms with Crippen LogP contribution in [-0.4, -0.2) is 41.5 Å². The SMILES string of the molecule is CC1N(Cc2ccccc2)CC12CCCN2C. The molecule has 2 unspecified atom stereocenters. The van der Waals surface area contributed by atoms with Crippen LogP contribution >= 0.6 is 0 Å². The lowest BCUT2D eigenvalue weighted by Gasteiger charge is -2.58. The molecule has 17 heavy (non-hydrogen) atoms. The fourth-order valence-corrected chi connectivity index (χ4v) is 3.62. The quantitative estimate of drug-likeness (QED) is 0.769. The van der Waals surface area contributed by atoms with E-state index in [1.165, 1.54) is 31.5 Å². The van der Waals surface area contributed by atoms with Crippen molar-refractivity contribution in [3.63, 3.8) is 0 Å². The summed E-state index contributed by atoms with van der Waals surface area (Å²) in [5.74, 6) is 0. The molecular formula is C15H22N2. The number of likely N-dealkylation sites (N-methyl/N-ethyl adjacent to an activating group) is 1. The van der Waals surface area contributed by atoms with E-state index < -0.39 is 0 Å². The van der Waals surface area contributed by atoms with Crippen LogP contribution in [0.2, 0.25) is 0 Å². The van der Waals surface area contributed by atoms with E-state index in [4.69, 9.17) is 0 Å². The summed E-state index contributed by atoms with van der Waals surface area (Å²) in [5.41, 5.74) is 1.93. The Kier molecular flexibility index (Phi) is 2.72. The summed E-state index contributed by atoms with van der Waals surface area (Å²) in [6.07, 6.45) is 2.76. The molecule has 0 N–H and O–H groups in total. The molecule has 2 nitrogen and oxygen atoms in total. The number of likely N-dealkylation sites (tertiary alicyclic amines) is 2. The van der Waals surface area contributed by atoms with Crippen molar-refractivity contribution in [2.75, 3.05) is 20.1 Å². The van der Waals surface area contributed by atoms with E-state index >= 15 is 0 Å². The van der Waals surface area contributed by atoms with Gasteiger partial charge in [-0.2, -0.15) is 0 Å². The van der Waals surface area contributed by atoms with Crippen molar-refractivity contribution in [1.82, 2.24) is 9.80 Å². The van der Waals surface area contributed by atoms with Gasteiger partial charge in [-0.05, 0) is 38.9 Å². The fourth-order valence-electron chi connectivity index (χ4n) is 3.62. The van der Waals surface area contributed by atoms with Crippen LogP contribution in [0.15, 0.2) is 30.3 Å². The number of hydrogen-bond acceptors (Lipinski definition) is 2. The highest BCUT2D eigenvalue weighted by Gasteiger charge is 2.53. The Hall–Kier alpha value is -0.860. The van der Waals surface area contributed by atoms with E-state index in [1.807, 2.05) is 0 Å². The Morgan fingerprint density at radius 1 is 1.29 bits per heavy atom. The maximum Gasteiger partial charge on any atom is 0.0486 e. The van der Waals surface area contributed by atoms with E-state index in [0.717, 1.165) is 6.54 Å². The second-order valence-corrected chi connectivity index (χ2v) is 5.70. The van der Waals surface area contributed by atoms with Gasteiger partial charge in [0, 0.05) is 24.7 Å². The molecule has 3 rings (SSSR count). The first kappa shape index (κ1) is 11.2. The molecule has 2 atom stereocenters.